The van der Waals surface area contributed by atoms with Gasteiger partial charge in [-0.25, -0.2) is 4.98 Å². The van der Waals surface area contributed by atoms with E-state index in [9.17, 15) is 0 Å². The van der Waals surface area contributed by atoms with Gasteiger partial charge in [0.15, 0.2) is 0 Å². The Bertz CT molecular complexity index is 742. The van der Waals surface area contributed by atoms with E-state index in [0.717, 1.165) is 37.7 Å². The molecule has 0 N–H and O–H groups in total. The maximum atomic E-state index is 5.91. The second-order valence-electron chi connectivity index (χ2n) is 4.58. The molecule has 0 unspecified atom stereocenters. The lowest BCUT2D eigenvalue weighted by Crippen LogP contribution is -1.96. The second kappa shape index (κ2) is 6.77. The summed E-state index contributed by atoms with van der Waals surface area (Å²) in [7, 11) is 0. The first-order valence-electron chi connectivity index (χ1n) is 6.57. The molecule has 3 rings (SSSR count). The van der Waals surface area contributed by atoms with Crippen molar-refractivity contribution in [3.63, 3.8) is 0 Å². The van der Waals surface area contributed by atoms with E-state index in [1.165, 1.54) is 5.56 Å². The van der Waals surface area contributed by atoms with Crippen LogP contribution in [0.3, 0.4) is 0 Å². The van der Waals surface area contributed by atoms with E-state index in [0.29, 0.717) is 6.61 Å². The number of hydrogen-bond acceptors (Lipinski definition) is 3. The van der Waals surface area contributed by atoms with Crippen LogP contribution in [0.2, 0.25) is 5.02 Å². The van der Waals surface area contributed by atoms with Crippen molar-refractivity contribution in [1.82, 2.24) is 4.98 Å². The lowest BCUT2D eigenvalue weighted by atomic mass is 10.2. The number of ether oxygens (including phenoxy) is 1. The fourth-order valence-corrected chi connectivity index (χ4v) is 3.37. The SMILES string of the molecule is Clc1ccc(Cc2nc3ccc(OCCBr)cc3s2)cc1. The van der Waals surface area contributed by atoms with Crippen molar-refractivity contribution in [2.24, 2.45) is 0 Å². The number of hydrogen-bond donors (Lipinski definition) is 0. The lowest BCUT2D eigenvalue weighted by molar-refractivity contribution is 0.345. The van der Waals surface area contributed by atoms with Crippen molar-refractivity contribution in [3.05, 3.63) is 58.1 Å². The predicted molar refractivity (Wildman–Crippen MR) is 93.2 cm³/mol. The van der Waals surface area contributed by atoms with Crippen LogP contribution < -0.4 is 4.74 Å². The van der Waals surface area contributed by atoms with Crippen LogP contribution in [0.25, 0.3) is 10.2 Å². The van der Waals surface area contributed by atoms with Crippen molar-refractivity contribution >= 4 is 49.1 Å². The molecule has 1 heterocycles. The highest BCUT2D eigenvalue weighted by Gasteiger charge is 2.06. The van der Waals surface area contributed by atoms with Crippen molar-refractivity contribution in [3.8, 4) is 5.75 Å². The molecular weight excluding hydrogens is 370 g/mol. The van der Waals surface area contributed by atoms with Gasteiger partial charge >= 0.3 is 0 Å². The highest BCUT2D eigenvalue weighted by molar-refractivity contribution is 9.09. The quantitative estimate of drug-likeness (QED) is 0.558. The second-order valence-corrected chi connectivity index (χ2v) is 6.92. The van der Waals surface area contributed by atoms with Crippen LogP contribution in [-0.2, 0) is 6.42 Å². The fourth-order valence-electron chi connectivity index (χ4n) is 2.05. The molecule has 1 aromatic heterocycles. The van der Waals surface area contributed by atoms with Crippen molar-refractivity contribution in [1.29, 1.82) is 0 Å². The minimum Gasteiger partial charge on any atom is -0.493 e. The summed E-state index contributed by atoms with van der Waals surface area (Å²) in [5.74, 6) is 0.892. The van der Waals surface area contributed by atoms with Crippen molar-refractivity contribution < 1.29 is 4.74 Å². The Hall–Kier alpha value is -1.10. The van der Waals surface area contributed by atoms with E-state index in [-0.39, 0.29) is 0 Å². The van der Waals surface area contributed by atoms with Crippen LogP contribution in [0.4, 0.5) is 0 Å². The molecule has 2 aromatic carbocycles. The van der Waals surface area contributed by atoms with Gasteiger partial charge in [-0.3, -0.25) is 0 Å². The van der Waals surface area contributed by atoms with Gasteiger partial charge in [-0.2, -0.15) is 0 Å². The highest BCUT2D eigenvalue weighted by atomic mass is 79.9. The van der Waals surface area contributed by atoms with E-state index < -0.39 is 0 Å². The molecule has 0 fully saturated rings. The fraction of sp³-hybridized carbons (Fsp3) is 0.188. The number of nitrogens with zero attached hydrogens (tertiary/aromatic N) is 1. The van der Waals surface area contributed by atoms with Gasteiger partial charge in [-0.1, -0.05) is 39.7 Å². The molecule has 0 aliphatic rings. The van der Waals surface area contributed by atoms with Gasteiger partial charge in [0.25, 0.3) is 0 Å². The Kier molecular flexibility index (Phi) is 4.78. The zero-order valence-electron chi connectivity index (χ0n) is 11.2. The zero-order chi connectivity index (χ0) is 14.7. The van der Waals surface area contributed by atoms with Crippen LogP contribution >= 0.6 is 38.9 Å². The largest absolute Gasteiger partial charge is 0.493 e. The molecule has 0 saturated carbocycles. The maximum absolute atomic E-state index is 5.91. The highest BCUT2D eigenvalue weighted by Crippen LogP contribution is 2.28. The first kappa shape index (κ1) is 14.8. The lowest BCUT2D eigenvalue weighted by Gasteiger charge is -2.02. The van der Waals surface area contributed by atoms with Crippen LogP contribution in [0, 0.1) is 0 Å². The minimum atomic E-state index is 0.669. The van der Waals surface area contributed by atoms with Crippen LogP contribution in [-0.4, -0.2) is 16.9 Å². The molecule has 2 nitrogen and oxygen atoms in total. The molecule has 108 valence electrons. The van der Waals surface area contributed by atoms with Gasteiger partial charge < -0.3 is 4.74 Å². The molecule has 5 heteroatoms. The molecule has 3 aromatic rings. The number of rotatable bonds is 5. The molecule has 0 bridgehead atoms. The average Bonchev–Trinajstić information content (AvgIpc) is 2.89. The first-order chi connectivity index (χ1) is 10.2. The Morgan fingerprint density at radius 2 is 1.95 bits per heavy atom. The van der Waals surface area contributed by atoms with Gasteiger partial charge in [0.1, 0.15) is 5.75 Å². The third kappa shape index (κ3) is 3.76. The summed E-state index contributed by atoms with van der Waals surface area (Å²) in [6, 6.07) is 13.9. The summed E-state index contributed by atoms with van der Waals surface area (Å²) in [5, 5.41) is 2.69. The molecule has 0 saturated heterocycles. The Labute approximate surface area is 140 Å². The van der Waals surface area contributed by atoms with Crippen molar-refractivity contribution in [2.45, 2.75) is 6.42 Å². The molecule has 0 aliphatic heterocycles. The van der Waals surface area contributed by atoms with Gasteiger partial charge in [-0.05, 0) is 35.9 Å². The monoisotopic (exact) mass is 381 g/mol. The van der Waals surface area contributed by atoms with E-state index in [2.05, 4.69) is 27.0 Å². The Morgan fingerprint density at radius 1 is 1.14 bits per heavy atom. The van der Waals surface area contributed by atoms with Crippen molar-refractivity contribution in [2.75, 3.05) is 11.9 Å². The van der Waals surface area contributed by atoms with Gasteiger partial charge in [-0.15, -0.1) is 11.3 Å². The minimum absolute atomic E-state index is 0.669. The summed E-state index contributed by atoms with van der Waals surface area (Å²) in [6.45, 7) is 0.669. The smallest absolute Gasteiger partial charge is 0.120 e. The standard InChI is InChI=1S/C16H13BrClNOS/c17-7-8-20-13-5-6-14-15(10-13)21-16(19-14)9-11-1-3-12(18)4-2-11/h1-6,10H,7-9H2. The summed E-state index contributed by atoms with van der Waals surface area (Å²) in [6.07, 6.45) is 0.827. The molecule has 0 atom stereocenters. The number of alkyl halides is 1. The number of fused-ring (bicyclic) bond motifs is 1. The third-order valence-corrected chi connectivity index (χ3v) is 4.61. The van der Waals surface area contributed by atoms with Crippen LogP contribution in [0.15, 0.2) is 42.5 Å². The summed E-state index contributed by atoms with van der Waals surface area (Å²) < 4.78 is 6.78. The van der Waals surface area contributed by atoms with Gasteiger partial charge in [0, 0.05) is 16.8 Å². The number of benzene rings is 2. The Balaban J connectivity index is 1.81. The first-order valence-corrected chi connectivity index (χ1v) is 8.89. The molecular formula is C16H13BrClNOS. The predicted octanol–water partition coefficient (Wildman–Crippen LogP) is 5.31. The molecule has 0 aliphatic carbocycles. The van der Waals surface area contributed by atoms with E-state index >= 15 is 0 Å². The number of halogens is 2. The van der Waals surface area contributed by atoms with E-state index in [1.807, 2.05) is 36.4 Å². The average molecular weight is 383 g/mol. The maximum Gasteiger partial charge on any atom is 0.120 e. The van der Waals surface area contributed by atoms with E-state index in [4.69, 9.17) is 16.3 Å². The summed E-state index contributed by atoms with van der Waals surface area (Å²) in [5.41, 5.74) is 2.24. The number of thiazole rings is 1. The molecule has 0 spiro atoms. The summed E-state index contributed by atoms with van der Waals surface area (Å²) >= 11 is 11.0. The normalized spacial score (nSPS) is 11.0. The van der Waals surface area contributed by atoms with Gasteiger partial charge in [0.2, 0.25) is 0 Å². The Morgan fingerprint density at radius 3 is 2.71 bits per heavy atom. The van der Waals surface area contributed by atoms with Crippen LogP contribution in [0.5, 0.6) is 5.75 Å². The van der Waals surface area contributed by atoms with E-state index in [1.54, 1.807) is 11.3 Å². The van der Waals surface area contributed by atoms with Crippen LogP contribution in [0.1, 0.15) is 10.6 Å². The third-order valence-electron chi connectivity index (χ3n) is 3.02. The molecule has 0 amide bonds. The zero-order valence-corrected chi connectivity index (χ0v) is 14.3. The van der Waals surface area contributed by atoms with Gasteiger partial charge in [0.05, 0.1) is 21.8 Å². The number of aromatic nitrogens is 1. The molecule has 21 heavy (non-hydrogen) atoms. The molecule has 0 radical (unpaired) electrons. The summed E-state index contributed by atoms with van der Waals surface area (Å²) in [4.78, 5) is 4.67. The topological polar surface area (TPSA) is 22.1 Å².